The Balaban J connectivity index is 2.52. The lowest BCUT2D eigenvalue weighted by Crippen LogP contribution is -2.37. The van der Waals surface area contributed by atoms with Crippen LogP contribution < -0.4 is 11.2 Å². The molecule has 0 aliphatic carbocycles. The summed E-state index contributed by atoms with van der Waals surface area (Å²) < 4.78 is 2.09. The molecule has 0 aromatic carbocycles. The van der Waals surface area contributed by atoms with Crippen molar-refractivity contribution in [1.82, 2.24) is 9.55 Å². The van der Waals surface area contributed by atoms with E-state index >= 15 is 0 Å². The van der Waals surface area contributed by atoms with Crippen LogP contribution in [0.3, 0.4) is 0 Å². The number of nitrogens with zero attached hydrogens (tertiary/aromatic N) is 1. The third-order valence-corrected chi connectivity index (χ3v) is 4.96. The summed E-state index contributed by atoms with van der Waals surface area (Å²) in [6.07, 6.45) is 1.35. The van der Waals surface area contributed by atoms with Crippen molar-refractivity contribution in [2.45, 2.75) is 26.3 Å². The molecule has 0 spiro atoms. The fraction of sp³-hybridized carbons (Fsp3) is 0.333. The van der Waals surface area contributed by atoms with Gasteiger partial charge in [0.25, 0.3) is 5.56 Å². The SMILES string of the molecule is CCCc1c(Cl)[nH]c(=O)n(Cc2sccc2Br)c1=O. The van der Waals surface area contributed by atoms with Gasteiger partial charge in [-0.2, -0.15) is 0 Å². The molecule has 0 saturated heterocycles. The van der Waals surface area contributed by atoms with E-state index in [0.29, 0.717) is 12.0 Å². The molecule has 0 amide bonds. The van der Waals surface area contributed by atoms with Crippen LogP contribution in [0.5, 0.6) is 0 Å². The fourth-order valence-corrected chi connectivity index (χ4v) is 3.50. The summed E-state index contributed by atoms with van der Waals surface area (Å²) in [5.74, 6) is 0. The van der Waals surface area contributed by atoms with E-state index in [1.807, 2.05) is 18.4 Å². The molecule has 0 aliphatic rings. The number of nitrogens with one attached hydrogen (secondary N) is 1. The van der Waals surface area contributed by atoms with Crippen molar-refractivity contribution in [3.05, 3.63) is 52.4 Å². The first-order valence-corrected chi connectivity index (χ1v) is 7.83. The van der Waals surface area contributed by atoms with E-state index in [-0.39, 0.29) is 17.3 Å². The lowest BCUT2D eigenvalue weighted by molar-refractivity contribution is 0.686. The normalized spacial score (nSPS) is 10.9. The van der Waals surface area contributed by atoms with E-state index in [1.165, 1.54) is 15.9 Å². The van der Waals surface area contributed by atoms with E-state index in [9.17, 15) is 9.59 Å². The second kappa shape index (κ2) is 6.07. The maximum absolute atomic E-state index is 12.3. The Hall–Kier alpha value is -0.850. The summed E-state index contributed by atoms with van der Waals surface area (Å²) in [5.41, 5.74) is -0.317. The third kappa shape index (κ3) is 3.01. The molecule has 4 nitrogen and oxygen atoms in total. The highest BCUT2D eigenvalue weighted by atomic mass is 79.9. The van der Waals surface area contributed by atoms with Crippen molar-refractivity contribution in [3.63, 3.8) is 0 Å². The van der Waals surface area contributed by atoms with Gasteiger partial charge in [0.15, 0.2) is 0 Å². The van der Waals surface area contributed by atoms with E-state index in [2.05, 4.69) is 20.9 Å². The lowest BCUT2D eigenvalue weighted by Gasteiger charge is -2.07. The first-order valence-electron chi connectivity index (χ1n) is 5.78. The number of hydrogen-bond acceptors (Lipinski definition) is 3. The first-order chi connectivity index (χ1) is 9.04. The van der Waals surface area contributed by atoms with Crippen molar-refractivity contribution in [3.8, 4) is 0 Å². The van der Waals surface area contributed by atoms with Crippen LogP contribution in [0, 0.1) is 0 Å². The van der Waals surface area contributed by atoms with E-state index in [1.54, 1.807) is 0 Å². The number of aromatic nitrogens is 2. The zero-order valence-corrected chi connectivity index (χ0v) is 13.4. The van der Waals surface area contributed by atoms with Gasteiger partial charge in [-0.25, -0.2) is 4.79 Å². The molecule has 0 bridgehead atoms. The summed E-state index contributed by atoms with van der Waals surface area (Å²) >= 11 is 10.8. The summed E-state index contributed by atoms with van der Waals surface area (Å²) in [4.78, 5) is 27.6. The maximum Gasteiger partial charge on any atom is 0.329 e. The molecule has 0 saturated carbocycles. The minimum absolute atomic E-state index is 0.151. The smallest absolute Gasteiger partial charge is 0.297 e. The summed E-state index contributed by atoms with van der Waals surface area (Å²) in [6.45, 7) is 2.21. The van der Waals surface area contributed by atoms with E-state index < -0.39 is 5.69 Å². The van der Waals surface area contributed by atoms with Gasteiger partial charge in [-0.05, 0) is 33.8 Å². The fourth-order valence-electron chi connectivity index (χ4n) is 1.78. The van der Waals surface area contributed by atoms with Gasteiger partial charge in [-0.1, -0.05) is 24.9 Å². The Morgan fingerprint density at radius 1 is 1.47 bits per heavy atom. The van der Waals surface area contributed by atoms with Crippen molar-refractivity contribution in [1.29, 1.82) is 0 Å². The van der Waals surface area contributed by atoms with Gasteiger partial charge in [0.05, 0.1) is 12.1 Å². The van der Waals surface area contributed by atoms with Crippen LogP contribution in [0.2, 0.25) is 5.15 Å². The number of halogens is 2. The van der Waals surface area contributed by atoms with Gasteiger partial charge < -0.3 is 0 Å². The van der Waals surface area contributed by atoms with E-state index in [4.69, 9.17) is 11.6 Å². The second-order valence-electron chi connectivity index (χ2n) is 4.06. The van der Waals surface area contributed by atoms with Crippen LogP contribution in [0.1, 0.15) is 23.8 Å². The van der Waals surface area contributed by atoms with Gasteiger partial charge in [0.2, 0.25) is 0 Å². The highest BCUT2D eigenvalue weighted by Gasteiger charge is 2.13. The Labute approximate surface area is 127 Å². The maximum atomic E-state index is 12.3. The largest absolute Gasteiger partial charge is 0.329 e. The molecule has 7 heteroatoms. The number of hydrogen-bond donors (Lipinski definition) is 1. The Morgan fingerprint density at radius 2 is 2.21 bits per heavy atom. The predicted molar refractivity (Wildman–Crippen MR) is 81.4 cm³/mol. The molecule has 1 N–H and O–H groups in total. The standard InChI is InChI=1S/C12H12BrClN2O2S/c1-2-3-7-10(14)15-12(18)16(11(7)17)6-9-8(13)4-5-19-9/h4-5H,2-3,6H2,1H3,(H,15,18). The summed E-state index contributed by atoms with van der Waals surface area (Å²) in [7, 11) is 0. The zero-order valence-electron chi connectivity index (χ0n) is 10.2. The summed E-state index contributed by atoms with van der Waals surface area (Å²) in [6, 6.07) is 1.89. The van der Waals surface area contributed by atoms with Gasteiger partial charge in [0.1, 0.15) is 5.15 Å². The van der Waals surface area contributed by atoms with Crippen molar-refractivity contribution >= 4 is 38.9 Å². The third-order valence-electron chi connectivity index (χ3n) is 2.72. The first kappa shape index (κ1) is 14.6. The predicted octanol–water partition coefficient (Wildman–Crippen LogP) is 3.01. The Bertz CT molecular complexity index is 704. The Morgan fingerprint density at radius 3 is 2.79 bits per heavy atom. The van der Waals surface area contributed by atoms with E-state index in [0.717, 1.165) is 15.8 Å². The zero-order chi connectivity index (χ0) is 14.0. The molecule has 102 valence electrons. The van der Waals surface area contributed by atoms with Crippen molar-refractivity contribution in [2.24, 2.45) is 0 Å². The number of H-pyrrole nitrogens is 1. The highest BCUT2D eigenvalue weighted by Crippen LogP contribution is 2.22. The van der Waals surface area contributed by atoms with Gasteiger partial charge in [0, 0.05) is 9.35 Å². The molecule has 2 rings (SSSR count). The van der Waals surface area contributed by atoms with Crippen LogP contribution in [0.25, 0.3) is 0 Å². The monoisotopic (exact) mass is 362 g/mol. The minimum atomic E-state index is -0.477. The molecule has 2 aromatic rings. The lowest BCUT2D eigenvalue weighted by atomic mass is 10.2. The average molecular weight is 364 g/mol. The number of aromatic amines is 1. The molecule has 19 heavy (non-hydrogen) atoms. The Kier molecular flexibility index (Phi) is 4.65. The van der Waals surface area contributed by atoms with Crippen molar-refractivity contribution in [2.75, 3.05) is 0 Å². The molecule has 0 fully saturated rings. The van der Waals surface area contributed by atoms with Crippen LogP contribution in [-0.2, 0) is 13.0 Å². The topological polar surface area (TPSA) is 54.9 Å². The molecular weight excluding hydrogens is 352 g/mol. The van der Waals surface area contributed by atoms with Crippen LogP contribution in [-0.4, -0.2) is 9.55 Å². The highest BCUT2D eigenvalue weighted by molar-refractivity contribution is 9.10. The second-order valence-corrected chi connectivity index (χ2v) is 6.29. The average Bonchev–Trinajstić information content (AvgIpc) is 2.76. The molecule has 0 radical (unpaired) electrons. The van der Waals surface area contributed by atoms with Gasteiger partial charge in [-0.3, -0.25) is 14.3 Å². The molecule has 0 aliphatic heterocycles. The summed E-state index contributed by atoms with van der Waals surface area (Å²) in [5, 5.41) is 2.06. The number of rotatable bonds is 4. The van der Waals surface area contributed by atoms with Crippen molar-refractivity contribution < 1.29 is 0 Å². The molecule has 2 aromatic heterocycles. The molecule has 2 heterocycles. The van der Waals surface area contributed by atoms with Gasteiger partial charge >= 0.3 is 5.69 Å². The van der Waals surface area contributed by atoms with Crippen LogP contribution in [0.4, 0.5) is 0 Å². The van der Waals surface area contributed by atoms with Crippen LogP contribution >= 0.6 is 38.9 Å². The molecular formula is C12H12BrClN2O2S. The van der Waals surface area contributed by atoms with Crippen LogP contribution in [0.15, 0.2) is 25.5 Å². The van der Waals surface area contributed by atoms with Gasteiger partial charge in [-0.15, -0.1) is 11.3 Å². The molecule has 0 atom stereocenters. The number of thiophene rings is 1. The molecule has 0 unspecified atom stereocenters. The quantitative estimate of drug-likeness (QED) is 0.849. The minimum Gasteiger partial charge on any atom is -0.297 e.